The number of nitrogens with one attached hydrogen (secondary N) is 1. The lowest BCUT2D eigenvalue weighted by atomic mass is 10.1. The highest BCUT2D eigenvalue weighted by Gasteiger charge is 2.41. The summed E-state index contributed by atoms with van der Waals surface area (Å²) < 4.78 is 39.0. The van der Waals surface area contributed by atoms with Crippen molar-refractivity contribution in [2.45, 2.75) is 13.3 Å². The summed E-state index contributed by atoms with van der Waals surface area (Å²) in [6.45, 7) is 2.91. The first-order valence-electron chi connectivity index (χ1n) is 7.83. The van der Waals surface area contributed by atoms with Gasteiger partial charge in [-0.15, -0.1) is 0 Å². The van der Waals surface area contributed by atoms with E-state index < -0.39 is 11.0 Å². The van der Waals surface area contributed by atoms with Crippen LogP contribution in [-0.4, -0.2) is 29.2 Å². The van der Waals surface area contributed by atoms with Gasteiger partial charge in [-0.3, -0.25) is 13.4 Å². The second kappa shape index (κ2) is 6.60. The van der Waals surface area contributed by atoms with E-state index in [-0.39, 0.29) is 5.82 Å². The van der Waals surface area contributed by atoms with Crippen LogP contribution in [0.15, 0.2) is 42.5 Å². The van der Waals surface area contributed by atoms with Crippen LogP contribution >= 0.6 is 11.0 Å². The Bertz CT molecular complexity index is 742. The molecule has 1 aliphatic heterocycles. The van der Waals surface area contributed by atoms with Gasteiger partial charge in [-0.1, -0.05) is 18.2 Å². The number of halogens is 1. The number of anilines is 3. The number of hydrogen-bond acceptors (Lipinski definition) is 5. The van der Waals surface area contributed by atoms with E-state index in [9.17, 15) is 13.5 Å². The van der Waals surface area contributed by atoms with Gasteiger partial charge in [0.05, 0.1) is 17.1 Å². The lowest BCUT2D eigenvalue weighted by Crippen LogP contribution is -2.33. The van der Waals surface area contributed by atoms with E-state index >= 15 is 0 Å². The fraction of sp³-hybridized carbons (Fsp3) is 0.294. The smallest absolute Gasteiger partial charge is 0.128 e. The molecule has 2 aromatic rings. The molecule has 3 N–H and O–H groups in total. The Hall–Kier alpha value is -1.80. The van der Waals surface area contributed by atoms with Crippen LogP contribution in [0.3, 0.4) is 0 Å². The number of fused-ring (bicyclic) bond motifs is 1. The molecule has 130 valence electrons. The van der Waals surface area contributed by atoms with Gasteiger partial charge in [-0.05, 0) is 62.2 Å². The molecule has 0 atom stereocenters. The third-order valence-corrected chi connectivity index (χ3v) is 6.01. The molecule has 3 rings (SSSR count). The van der Waals surface area contributed by atoms with E-state index in [0.29, 0.717) is 23.5 Å². The maximum atomic E-state index is 14.0. The molecule has 0 radical (unpaired) electrons. The highest BCUT2D eigenvalue weighted by molar-refractivity contribution is 8.27. The Kier molecular flexibility index (Phi) is 4.69. The summed E-state index contributed by atoms with van der Waals surface area (Å²) in [6.07, 6.45) is 0.761. The highest BCUT2D eigenvalue weighted by Crippen LogP contribution is 2.64. The SMILES string of the molecule is CNCCCN1c2ccccc2N(c2cccc(F)c2C)S1(O)O. The van der Waals surface area contributed by atoms with Crippen molar-refractivity contribution < 1.29 is 13.5 Å². The molecule has 0 spiro atoms. The summed E-state index contributed by atoms with van der Waals surface area (Å²) in [5, 5.41) is 3.06. The molecule has 0 bridgehead atoms. The number of nitrogens with zero attached hydrogens (tertiary/aromatic N) is 2. The van der Waals surface area contributed by atoms with E-state index in [4.69, 9.17) is 0 Å². The monoisotopic (exact) mass is 351 g/mol. The van der Waals surface area contributed by atoms with Crippen molar-refractivity contribution in [3.05, 3.63) is 53.8 Å². The summed E-state index contributed by atoms with van der Waals surface area (Å²) in [5.74, 6) is -0.367. The minimum atomic E-state index is -3.29. The molecule has 1 heterocycles. The number of para-hydroxylation sites is 2. The van der Waals surface area contributed by atoms with E-state index in [1.165, 1.54) is 10.4 Å². The first-order valence-corrected chi connectivity index (χ1v) is 9.29. The van der Waals surface area contributed by atoms with E-state index in [1.54, 1.807) is 23.4 Å². The Morgan fingerprint density at radius 2 is 1.71 bits per heavy atom. The van der Waals surface area contributed by atoms with Gasteiger partial charge in [0, 0.05) is 12.1 Å². The Morgan fingerprint density at radius 1 is 1.04 bits per heavy atom. The molecular weight excluding hydrogens is 329 g/mol. The number of hydrogen-bond donors (Lipinski definition) is 3. The molecular formula is C17H22FN3O2S. The van der Waals surface area contributed by atoms with Gasteiger partial charge in [0.25, 0.3) is 0 Å². The van der Waals surface area contributed by atoms with Crippen molar-refractivity contribution in [3.8, 4) is 0 Å². The van der Waals surface area contributed by atoms with Crippen molar-refractivity contribution >= 4 is 28.0 Å². The van der Waals surface area contributed by atoms with Crippen LogP contribution in [0.25, 0.3) is 0 Å². The van der Waals surface area contributed by atoms with Gasteiger partial charge in [-0.25, -0.2) is 8.70 Å². The molecule has 24 heavy (non-hydrogen) atoms. The quantitative estimate of drug-likeness (QED) is 0.702. The van der Waals surface area contributed by atoms with Crippen molar-refractivity contribution in [2.24, 2.45) is 0 Å². The molecule has 0 aromatic heterocycles. The maximum absolute atomic E-state index is 14.0. The Balaban J connectivity index is 2.08. The lowest BCUT2D eigenvalue weighted by Gasteiger charge is -2.44. The van der Waals surface area contributed by atoms with Gasteiger partial charge in [0.1, 0.15) is 5.82 Å². The second-order valence-electron chi connectivity index (χ2n) is 5.72. The van der Waals surface area contributed by atoms with Gasteiger partial charge in [0.15, 0.2) is 0 Å². The van der Waals surface area contributed by atoms with Crippen molar-refractivity contribution in [2.75, 3.05) is 28.7 Å². The van der Waals surface area contributed by atoms with Crippen molar-refractivity contribution in [1.29, 1.82) is 0 Å². The third kappa shape index (κ3) is 2.73. The zero-order valence-corrected chi connectivity index (χ0v) is 14.6. The van der Waals surface area contributed by atoms with Crippen molar-refractivity contribution in [1.82, 2.24) is 5.32 Å². The standard InChI is InChI=1S/C17H22FN3O2S/c1-13-14(18)7-5-10-15(13)21-17-9-4-3-8-16(17)20(24(21,22)23)12-6-11-19-2/h3-5,7-10,19,22-23H,6,11-12H2,1-2H3. The van der Waals surface area contributed by atoms with Crippen LogP contribution in [0.5, 0.6) is 0 Å². The number of benzene rings is 2. The fourth-order valence-corrected chi connectivity index (χ4v) is 4.80. The Labute approximate surface area is 143 Å². The van der Waals surface area contributed by atoms with Crippen LogP contribution in [0.4, 0.5) is 21.5 Å². The minimum Gasteiger partial charge on any atom is -0.320 e. The molecule has 0 aliphatic carbocycles. The average Bonchev–Trinajstić information content (AvgIpc) is 2.78. The first kappa shape index (κ1) is 17.0. The van der Waals surface area contributed by atoms with Crippen LogP contribution in [-0.2, 0) is 0 Å². The summed E-state index contributed by atoms with van der Waals surface area (Å²) in [6, 6.07) is 12.1. The topological polar surface area (TPSA) is 59.0 Å². The van der Waals surface area contributed by atoms with Gasteiger partial charge < -0.3 is 5.32 Å². The van der Waals surface area contributed by atoms with Crippen LogP contribution in [0.1, 0.15) is 12.0 Å². The molecule has 0 unspecified atom stereocenters. The van der Waals surface area contributed by atoms with E-state index in [1.807, 2.05) is 31.3 Å². The molecule has 0 fully saturated rings. The average molecular weight is 351 g/mol. The summed E-state index contributed by atoms with van der Waals surface area (Å²) in [7, 11) is -1.43. The number of rotatable bonds is 5. The first-order chi connectivity index (χ1) is 11.5. The minimum absolute atomic E-state index is 0.367. The zero-order chi connectivity index (χ0) is 17.3. The molecule has 5 nitrogen and oxygen atoms in total. The second-order valence-corrected chi connectivity index (χ2v) is 7.50. The van der Waals surface area contributed by atoms with Crippen LogP contribution in [0, 0.1) is 12.7 Å². The third-order valence-electron chi connectivity index (χ3n) is 4.16. The summed E-state index contributed by atoms with van der Waals surface area (Å²) >= 11 is 0. The van der Waals surface area contributed by atoms with Crippen molar-refractivity contribution in [3.63, 3.8) is 0 Å². The van der Waals surface area contributed by atoms with E-state index in [2.05, 4.69) is 5.32 Å². The van der Waals surface area contributed by atoms with E-state index in [0.717, 1.165) is 18.7 Å². The molecule has 7 heteroatoms. The lowest BCUT2D eigenvalue weighted by molar-refractivity contribution is 0.483. The predicted molar refractivity (Wildman–Crippen MR) is 98.5 cm³/mol. The van der Waals surface area contributed by atoms with Gasteiger partial charge in [0.2, 0.25) is 0 Å². The summed E-state index contributed by atoms with van der Waals surface area (Å²) in [4.78, 5) is 0. The highest BCUT2D eigenvalue weighted by atomic mass is 32.3. The molecule has 1 aliphatic rings. The molecule has 0 saturated heterocycles. The Morgan fingerprint density at radius 3 is 2.42 bits per heavy atom. The normalized spacial score (nSPS) is 17.0. The predicted octanol–water partition coefficient (Wildman–Crippen LogP) is 4.28. The molecule has 2 aromatic carbocycles. The van der Waals surface area contributed by atoms with Crippen LogP contribution < -0.4 is 13.9 Å². The van der Waals surface area contributed by atoms with Gasteiger partial charge in [-0.2, -0.15) is 0 Å². The maximum Gasteiger partial charge on any atom is 0.128 e. The molecule has 0 amide bonds. The van der Waals surface area contributed by atoms with Gasteiger partial charge >= 0.3 is 0 Å². The largest absolute Gasteiger partial charge is 0.320 e. The molecule has 0 saturated carbocycles. The summed E-state index contributed by atoms with van der Waals surface area (Å²) in [5.41, 5.74) is 2.29. The van der Waals surface area contributed by atoms with Crippen LogP contribution in [0.2, 0.25) is 0 Å². The fourth-order valence-electron chi connectivity index (χ4n) is 2.93. The zero-order valence-electron chi connectivity index (χ0n) is 13.7.